The highest BCUT2D eigenvalue weighted by Gasteiger charge is 2.46. The molecule has 2 aliphatic carbocycles. The maximum Gasteiger partial charge on any atom is 0.0710 e. The van der Waals surface area contributed by atoms with E-state index in [1.807, 2.05) is 6.08 Å². The minimum atomic E-state index is -0.273. The summed E-state index contributed by atoms with van der Waals surface area (Å²) in [7, 11) is 0. The van der Waals surface area contributed by atoms with Gasteiger partial charge in [0.15, 0.2) is 0 Å². The highest BCUT2D eigenvalue weighted by atomic mass is 14.5. The minimum Gasteiger partial charge on any atom is -0.0984 e. The van der Waals surface area contributed by atoms with Crippen molar-refractivity contribution >= 4 is 5.57 Å². The van der Waals surface area contributed by atoms with E-state index in [0.717, 1.165) is 12.8 Å². The van der Waals surface area contributed by atoms with Crippen LogP contribution in [0.25, 0.3) is 5.57 Å². The van der Waals surface area contributed by atoms with Gasteiger partial charge in [-0.15, -0.1) is 0 Å². The van der Waals surface area contributed by atoms with E-state index in [4.69, 9.17) is 0 Å². The molecule has 2 aliphatic rings. The molecule has 0 aromatic heterocycles. The molecule has 0 saturated carbocycles. The second kappa shape index (κ2) is 10.1. The Kier molecular flexibility index (Phi) is 8.40. The largest absolute Gasteiger partial charge is 0.0984 e. The quantitative estimate of drug-likeness (QED) is 0.494. The third kappa shape index (κ3) is 3.60. The zero-order valence-corrected chi connectivity index (χ0v) is 15.3. The topological polar surface area (TPSA) is 0 Å². The predicted octanol–water partition coefficient (Wildman–Crippen LogP) is 8.69. The van der Waals surface area contributed by atoms with Gasteiger partial charge in [-0.2, -0.15) is 0 Å². The van der Waals surface area contributed by atoms with Crippen LogP contribution >= 0.6 is 0 Å². The van der Waals surface area contributed by atoms with E-state index < -0.39 is 0 Å². The first-order valence-electron chi connectivity index (χ1n) is 9.36. The van der Waals surface area contributed by atoms with Gasteiger partial charge in [0.25, 0.3) is 0 Å². The summed E-state index contributed by atoms with van der Waals surface area (Å²) < 4.78 is 0. The zero-order valence-electron chi connectivity index (χ0n) is 15.3. The van der Waals surface area contributed by atoms with Crippen LogP contribution in [0.3, 0.4) is 0 Å². The lowest BCUT2D eigenvalue weighted by Gasteiger charge is -2.36. The second-order valence-corrected chi connectivity index (χ2v) is 6.83. The minimum absolute atomic E-state index is 0. The van der Waals surface area contributed by atoms with Crippen molar-refractivity contribution < 1.29 is 0 Å². The summed E-state index contributed by atoms with van der Waals surface area (Å²) in [5, 5.41) is 0. The molecule has 0 amide bonds. The Hall–Kier alpha value is -2.86. The van der Waals surface area contributed by atoms with Gasteiger partial charge in [0.2, 0.25) is 0 Å². The number of hydrogen-bond donors (Lipinski definition) is 0. The summed E-state index contributed by atoms with van der Waals surface area (Å²) in [5.41, 5.74) is 7.61. The molecule has 0 fully saturated rings. The zero-order chi connectivity index (χ0) is 18.0. The molecular weight excluding hydrogens is 348 g/mol. The van der Waals surface area contributed by atoms with Crippen molar-refractivity contribution in [3.8, 4) is 0 Å². The number of allylic oxidation sites excluding steroid dienone is 9. The van der Waals surface area contributed by atoms with Crippen molar-refractivity contribution in [2.24, 2.45) is 0 Å². The Balaban J connectivity index is 0.00000140. The standard InChI is InChI=1S/C26H24.3CH4/c1-3-13-24-22(4-2)23-18-11-12-19-25(23)26(24,20-14-7-5-8-15-20)21-16-9-6-10-17-21;;;/h3-5,7-9,11-19H,2,6,10H2,1H3;3*1H4/b13-3-;;;. The highest BCUT2D eigenvalue weighted by molar-refractivity contribution is 5.91. The van der Waals surface area contributed by atoms with Gasteiger partial charge >= 0.3 is 0 Å². The molecule has 0 radical (unpaired) electrons. The molecule has 29 heavy (non-hydrogen) atoms. The van der Waals surface area contributed by atoms with Gasteiger partial charge in [-0.3, -0.25) is 0 Å². The summed E-state index contributed by atoms with van der Waals surface area (Å²) in [6.07, 6.45) is 15.7. The average Bonchev–Trinajstić information content (AvgIpc) is 3.00. The summed E-state index contributed by atoms with van der Waals surface area (Å²) in [4.78, 5) is 0. The molecule has 0 nitrogen and oxygen atoms in total. The van der Waals surface area contributed by atoms with Crippen LogP contribution in [-0.4, -0.2) is 0 Å². The molecule has 2 aromatic rings. The van der Waals surface area contributed by atoms with Crippen molar-refractivity contribution in [2.45, 2.75) is 47.5 Å². The number of hydrogen-bond acceptors (Lipinski definition) is 0. The summed E-state index contributed by atoms with van der Waals surface area (Å²) in [5.74, 6) is 0. The van der Waals surface area contributed by atoms with Gasteiger partial charge in [0, 0.05) is 0 Å². The molecule has 0 N–H and O–H groups in total. The van der Waals surface area contributed by atoms with Crippen LogP contribution in [0.5, 0.6) is 0 Å². The molecule has 0 saturated heterocycles. The third-order valence-electron chi connectivity index (χ3n) is 5.49. The van der Waals surface area contributed by atoms with Crippen LogP contribution in [0, 0.1) is 0 Å². The summed E-state index contributed by atoms with van der Waals surface area (Å²) in [6.45, 7) is 6.24. The molecule has 0 spiro atoms. The van der Waals surface area contributed by atoms with E-state index in [9.17, 15) is 0 Å². The molecule has 4 rings (SSSR count). The fourth-order valence-corrected chi connectivity index (χ4v) is 4.51. The van der Waals surface area contributed by atoms with Crippen molar-refractivity contribution in [3.63, 3.8) is 0 Å². The van der Waals surface area contributed by atoms with Gasteiger partial charge < -0.3 is 0 Å². The normalized spacial score (nSPS) is 19.6. The third-order valence-corrected chi connectivity index (χ3v) is 5.49. The number of rotatable bonds is 4. The molecule has 0 bridgehead atoms. The molecule has 1 unspecified atom stereocenters. The van der Waals surface area contributed by atoms with Crippen LogP contribution in [0.1, 0.15) is 58.7 Å². The van der Waals surface area contributed by atoms with Crippen molar-refractivity contribution in [2.75, 3.05) is 0 Å². The molecule has 1 atom stereocenters. The SMILES string of the molecule is C.C.C.C=CC1=C(/C=C\C)C(C2=CCCC=C2)(c2ccccc2)c2ccccc21. The van der Waals surface area contributed by atoms with E-state index in [2.05, 4.69) is 98.5 Å². The maximum atomic E-state index is 4.15. The van der Waals surface area contributed by atoms with Crippen LogP contribution in [0.4, 0.5) is 0 Å². The molecule has 0 aliphatic heterocycles. The van der Waals surface area contributed by atoms with Gasteiger partial charge in [-0.25, -0.2) is 0 Å². The Morgan fingerprint density at radius 3 is 2.21 bits per heavy atom. The number of benzene rings is 2. The second-order valence-electron chi connectivity index (χ2n) is 6.83. The van der Waals surface area contributed by atoms with Crippen LogP contribution in [0.2, 0.25) is 0 Å². The van der Waals surface area contributed by atoms with E-state index >= 15 is 0 Å². The summed E-state index contributed by atoms with van der Waals surface area (Å²) in [6, 6.07) is 19.7. The first-order chi connectivity index (χ1) is 12.8. The number of fused-ring (bicyclic) bond motifs is 1. The fraction of sp³-hybridized carbons (Fsp3) is 0.241. The van der Waals surface area contributed by atoms with Gasteiger partial charge in [0.05, 0.1) is 5.41 Å². The van der Waals surface area contributed by atoms with Crippen LogP contribution in [-0.2, 0) is 5.41 Å². The Morgan fingerprint density at radius 2 is 1.59 bits per heavy atom. The van der Waals surface area contributed by atoms with E-state index in [0.29, 0.717) is 0 Å². The molecule has 0 heteroatoms. The summed E-state index contributed by atoms with van der Waals surface area (Å²) >= 11 is 0. The first kappa shape index (κ1) is 24.2. The van der Waals surface area contributed by atoms with Gasteiger partial charge in [0.1, 0.15) is 0 Å². The fourth-order valence-electron chi connectivity index (χ4n) is 4.51. The van der Waals surface area contributed by atoms with E-state index in [-0.39, 0.29) is 27.7 Å². The lowest BCUT2D eigenvalue weighted by molar-refractivity contribution is 0.745. The Morgan fingerprint density at radius 1 is 0.897 bits per heavy atom. The van der Waals surface area contributed by atoms with Gasteiger partial charge in [-0.1, -0.05) is 120 Å². The molecular formula is C29H36. The predicted molar refractivity (Wildman–Crippen MR) is 132 cm³/mol. The van der Waals surface area contributed by atoms with E-state index in [1.54, 1.807) is 0 Å². The average molecular weight is 385 g/mol. The Bertz CT molecular complexity index is 951. The first-order valence-corrected chi connectivity index (χ1v) is 9.36. The van der Waals surface area contributed by atoms with Crippen LogP contribution < -0.4 is 0 Å². The molecule has 2 aromatic carbocycles. The lowest BCUT2D eigenvalue weighted by atomic mass is 9.65. The highest BCUT2D eigenvalue weighted by Crippen LogP contribution is 2.56. The lowest BCUT2D eigenvalue weighted by Crippen LogP contribution is -2.30. The Labute approximate surface area is 178 Å². The maximum absolute atomic E-state index is 4.15. The van der Waals surface area contributed by atoms with Crippen molar-refractivity contribution in [1.29, 1.82) is 0 Å². The molecule has 0 heterocycles. The van der Waals surface area contributed by atoms with Crippen molar-refractivity contribution in [3.05, 3.63) is 125 Å². The smallest absolute Gasteiger partial charge is 0.0710 e. The van der Waals surface area contributed by atoms with Crippen LogP contribution in [0.15, 0.2) is 109 Å². The van der Waals surface area contributed by atoms with E-state index in [1.165, 1.54) is 33.4 Å². The van der Waals surface area contributed by atoms with Crippen molar-refractivity contribution in [1.82, 2.24) is 0 Å². The molecule has 152 valence electrons. The van der Waals surface area contributed by atoms with Gasteiger partial charge in [-0.05, 0) is 53.2 Å². The monoisotopic (exact) mass is 384 g/mol.